The summed E-state index contributed by atoms with van der Waals surface area (Å²) in [7, 11) is 0. The fraction of sp³-hybridized carbons (Fsp3) is 0. The van der Waals surface area contributed by atoms with E-state index in [0.717, 1.165) is 11.1 Å². The summed E-state index contributed by atoms with van der Waals surface area (Å²) < 4.78 is 0. The SMILES string of the molecule is O=C(/C=C\c1ccccc1)c1cccc(C(=O)/C=C\c2ccccc2)c1. The number of rotatable bonds is 6. The lowest BCUT2D eigenvalue weighted by Gasteiger charge is -2.00. The van der Waals surface area contributed by atoms with Crippen molar-refractivity contribution >= 4 is 23.7 Å². The van der Waals surface area contributed by atoms with E-state index in [0.29, 0.717) is 11.1 Å². The van der Waals surface area contributed by atoms with Crippen molar-refractivity contribution in [1.29, 1.82) is 0 Å². The molecule has 2 heteroatoms. The van der Waals surface area contributed by atoms with Gasteiger partial charge in [-0.3, -0.25) is 9.59 Å². The van der Waals surface area contributed by atoms with E-state index in [2.05, 4.69) is 0 Å². The number of hydrogen-bond donors (Lipinski definition) is 0. The van der Waals surface area contributed by atoms with Gasteiger partial charge < -0.3 is 0 Å². The van der Waals surface area contributed by atoms with Crippen molar-refractivity contribution in [3.8, 4) is 0 Å². The first-order valence-corrected chi connectivity index (χ1v) is 8.37. The van der Waals surface area contributed by atoms with Crippen LogP contribution in [-0.2, 0) is 0 Å². The van der Waals surface area contributed by atoms with E-state index in [9.17, 15) is 9.59 Å². The van der Waals surface area contributed by atoms with Crippen molar-refractivity contribution in [3.05, 3.63) is 119 Å². The Morgan fingerprint density at radius 1 is 0.538 bits per heavy atom. The second-order valence-corrected chi connectivity index (χ2v) is 5.80. The Bertz CT molecular complexity index is 875. The number of carbonyl (C=O) groups is 2. The monoisotopic (exact) mass is 338 g/mol. The third kappa shape index (κ3) is 4.74. The average molecular weight is 338 g/mol. The normalized spacial score (nSPS) is 11.1. The van der Waals surface area contributed by atoms with Gasteiger partial charge >= 0.3 is 0 Å². The Labute approximate surface area is 153 Å². The molecule has 0 saturated heterocycles. The highest BCUT2D eigenvalue weighted by molar-refractivity contribution is 6.11. The van der Waals surface area contributed by atoms with E-state index in [-0.39, 0.29) is 11.6 Å². The molecule has 0 atom stereocenters. The van der Waals surface area contributed by atoms with Crippen molar-refractivity contribution in [2.24, 2.45) is 0 Å². The zero-order valence-corrected chi connectivity index (χ0v) is 14.2. The molecule has 0 aliphatic heterocycles. The third-order valence-corrected chi connectivity index (χ3v) is 3.89. The molecule has 0 heterocycles. The molecule has 3 aromatic rings. The minimum atomic E-state index is -0.129. The van der Waals surface area contributed by atoms with Crippen molar-refractivity contribution in [2.45, 2.75) is 0 Å². The van der Waals surface area contributed by atoms with E-state index in [1.54, 1.807) is 36.4 Å². The van der Waals surface area contributed by atoms with Crippen LogP contribution in [0.4, 0.5) is 0 Å². The summed E-state index contributed by atoms with van der Waals surface area (Å²) in [4.78, 5) is 24.7. The van der Waals surface area contributed by atoms with Crippen LogP contribution < -0.4 is 0 Å². The lowest BCUT2D eigenvalue weighted by Crippen LogP contribution is -1.99. The molecule has 0 amide bonds. The van der Waals surface area contributed by atoms with Crippen LogP contribution in [0.25, 0.3) is 12.2 Å². The number of ketones is 2. The molecule has 0 unspecified atom stereocenters. The maximum Gasteiger partial charge on any atom is 0.185 e. The first-order chi connectivity index (χ1) is 12.7. The van der Waals surface area contributed by atoms with Gasteiger partial charge in [0.1, 0.15) is 0 Å². The van der Waals surface area contributed by atoms with Gasteiger partial charge in [0, 0.05) is 11.1 Å². The zero-order chi connectivity index (χ0) is 18.2. The number of hydrogen-bond acceptors (Lipinski definition) is 2. The van der Waals surface area contributed by atoms with Crippen molar-refractivity contribution in [3.63, 3.8) is 0 Å². The minimum Gasteiger partial charge on any atom is -0.289 e. The molecule has 3 aromatic carbocycles. The van der Waals surface area contributed by atoms with Gasteiger partial charge in [-0.1, -0.05) is 91.0 Å². The molecule has 0 N–H and O–H groups in total. The molecule has 0 spiro atoms. The maximum absolute atomic E-state index is 12.4. The average Bonchev–Trinajstić information content (AvgIpc) is 2.72. The summed E-state index contributed by atoms with van der Waals surface area (Å²) >= 11 is 0. The Kier molecular flexibility index (Phi) is 5.69. The Hall–Kier alpha value is -3.52. The molecule has 0 aliphatic rings. The smallest absolute Gasteiger partial charge is 0.185 e. The minimum absolute atomic E-state index is 0.129. The topological polar surface area (TPSA) is 34.1 Å². The quantitative estimate of drug-likeness (QED) is 0.440. The first kappa shape index (κ1) is 17.3. The van der Waals surface area contributed by atoms with Crippen molar-refractivity contribution in [2.75, 3.05) is 0 Å². The van der Waals surface area contributed by atoms with Gasteiger partial charge in [0.2, 0.25) is 0 Å². The lowest BCUT2D eigenvalue weighted by molar-refractivity contribution is 0.104. The Balaban J connectivity index is 1.73. The Morgan fingerprint density at radius 3 is 1.38 bits per heavy atom. The van der Waals surface area contributed by atoms with Crippen LogP contribution in [0.15, 0.2) is 97.1 Å². The predicted molar refractivity (Wildman–Crippen MR) is 106 cm³/mol. The highest BCUT2D eigenvalue weighted by Crippen LogP contribution is 2.11. The third-order valence-electron chi connectivity index (χ3n) is 3.89. The Morgan fingerprint density at radius 2 is 0.962 bits per heavy atom. The summed E-state index contributed by atoms with van der Waals surface area (Å²) in [6.45, 7) is 0. The molecule has 126 valence electrons. The molecule has 3 rings (SSSR count). The van der Waals surface area contributed by atoms with E-state index in [1.165, 1.54) is 12.2 Å². The predicted octanol–water partition coefficient (Wildman–Crippen LogP) is 5.48. The van der Waals surface area contributed by atoms with Gasteiger partial charge in [-0.15, -0.1) is 0 Å². The zero-order valence-electron chi connectivity index (χ0n) is 14.2. The van der Waals surface area contributed by atoms with E-state index in [1.807, 2.05) is 60.7 Å². The second kappa shape index (κ2) is 8.54. The first-order valence-electron chi connectivity index (χ1n) is 8.37. The fourth-order valence-corrected chi connectivity index (χ4v) is 2.49. The summed E-state index contributed by atoms with van der Waals surface area (Å²) in [6, 6.07) is 26.0. The van der Waals surface area contributed by atoms with Crippen LogP contribution in [0.2, 0.25) is 0 Å². The molecule has 0 aromatic heterocycles. The summed E-state index contributed by atoms with van der Waals surface area (Å²) in [5.41, 5.74) is 2.91. The van der Waals surface area contributed by atoms with Gasteiger partial charge in [0.25, 0.3) is 0 Å². The molecule has 0 aliphatic carbocycles. The van der Waals surface area contributed by atoms with Crippen LogP contribution >= 0.6 is 0 Å². The molecular weight excluding hydrogens is 320 g/mol. The standard InChI is InChI=1S/C24H18O2/c25-23(16-14-19-8-3-1-4-9-19)21-12-7-13-22(18-21)24(26)17-15-20-10-5-2-6-11-20/h1-18H/b16-14-,17-15-. The van der Waals surface area contributed by atoms with Gasteiger partial charge in [-0.25, -0.2) is 0 Å². The number of carbonyl (C=O) groups excluding carboxylic acids is 2. The van der Waals surface area contributed by atoms with Gasteiger partial charge in [0.05, 0.1) is 0 Å². The van der Waals surface area contributed by atoms with Crippen LogP contribution in [0.5, 0.6) is 0 Å². The summed E-state index contributed by atoms with van der Waals surface area (Å²) in [5.74, 6) is -0.258. The summed E-state index contributed by atoms with van der Waals surface area (Å²) in [6.07, 6.45) is 6.59. The second-order valence-electron chi connectivity index (χ2n) is 5.80. The highest BCUT2D eigenvalue weighted by Gasteiger charge is 2.07. The van der Waals surface area contributed by atoms with Gasteiger partial charge in [0.15, 0.2) is 11.6 Å². The molecule has 0 saturated carbocycles. The van der Waals surface area contributed by atoms with Gasteiger partial charge in [-0.2, -0.15) is 0 Å². The molecular formula is C24H18O2. The highest BCUT2D eigenvalue weighted by atomic mass is 16.1. The van der Waals surface area contributed by atoms with Gasteiger partial charge in [-0.05, 0) is 29.3 Å². The lowest BCUT2D eigenvalue weighted by atomic mass is 10.0. The molecule has 0 fully saturated rings. The van der Waals surface area contributed by atoms with E-state index >= 15 is 0 Å². The molecule has 26 heavy (non-hydrogen) atoms. The number of allylic oxidation sites excluding steroid dienone is 2. The van der Waals surface area contributed by atoms with Crippen LogP contribution in [-0.4, -0.2) is 11.6 Å². The van der Waals surface area contributed by atoms with Crippen LogP contribution in [0.3, 0.4) is 0 Å². The van der Waals surface area contributed by atoms with E-state index < -0.39 is 0 Å². The molecule has 2 nitrogen and oxygen atoms in total. The van der Waals surface area contributed by atoms with Crippen LogP contribution in [0.1, 0.15) is 31.8 Å². The summed E-state index contributed by atoms with van der Waals surface area (Å²) in [5, 5.41) is 0. The fourth-order valence-electron chi connectivity index (χ4n) is 2.49. The maximum atomic E-state index is 12.4. The van der Waals surface area contributed by atoms with E-state index in [4.69, 9.17) is 0 Å². The largest absolute Gasteiger partial charge is 0.289 e. The molecule has 0 bridgehead atoms. The van der Waals surface area contributed by atoms with Crippen LogP contribution in [0, 0.1) is 0 Å². The number of benzene rings is 3. The van der Waals surface area contributed by atoms with Crippen molar-refractivity contribution in [1.82, 2.24) is 0 Å². The van der Waals surface area contributed by atoms with Crippen molar-refractivity contribution < 1.29 is 9.59 Å². The molecule has 0 radical (unpaired) electrons.